The van der Waals surface area contributed by atoms with Gasteiger partial charge in [-0.1, -0.05) is 19.1 Å². The smallest absolute Gasteiger partial charge is 0.294 e. The van der Waals surface area contributed by atoms with Crippen LogP contribution >= 0.6 is 0 Å². The van der Waals surface area contributed by atoms with Gasteiger partial charge in [-0.25, -0.2) is 9.37 Å². The molecule has 2 aromatic carbocycles. The molecule has 0 aliphatic carbocycles. The maximum Gasteiger partial charge on any atom is 0.294 e. The summed E-state index contributed by atoms with van der Waals surface area (Å²) in [6, 6.07) is 11.8. The first-order valence-electron chi connectivity index (χ1n) is 10.4. The minimum Gasteiger partial charge on any atom is -0.494 e. The predicted molar refractivity (Wildman–Crippen MR) is 117 cm³/mol. The molecule has 4 rings (SSSR count). The summed E-state index contributed by atoms with van der Waals surface area (Å²) < 4.78 is 20.7. The highest BCUT2D eigenvalue weighted by molar-refractivity contribution is 5.94. The predicted octanol–water partition coefficient (Wildman–Crippen LogP) is 2.92. The van der Waals surface area contributed by atoms with Crippen molar-refractivity contribution in [3.8, 4) is 5.75 Å². The normalized spacial score (nSPS) is 14.2. The molecule has 7 nitrogen and oxygen atoms in total. The number of aromatic nitrogens is 2. The van der Waals surface area contributed by atoms with Gasteiger partial charge in [0.15, 0.2) is 17.4 Å². The number of methoxy groups -OCH3 is 1. The Labute approximate surface area is 179 Å². The van der Waals surface area contributed by atoms with Crippen LogP contribution < -0.4 is 15.2 Å². The Hall–Kier alpha value is -3.42. The van der Waals surface area contributed by atoms with Crippen molar-refractivity contribution in [2.75, 3.05) is 38.2 Å². The van der Waals surface area contributed by atoms with Gasteiger partial charge in [0.2, 0.25) is 0 Å². The highest BCUT2D eigenvalue weighted by Gasteiger charge is 2.26. The van der Waals surface area contributed by atoms with Crippen LogP contribution in [-0.4, -0.2) is 53.6 Å². The van der Waals surface area contributed by atoms with E-state index in [1.807, 2.05) is 36.1 Å². The Morgan fingerprint density at radius 3 is 2.55 bits per heavy atom. The number of hydrogen-bond donors (Lipinski definition) is 0. The first kappa shape index (κ1) is 20.8. The molecule has 31 heavy (non-hydrogen) atoms. The zero-order valence-electron chi connectivity index (χ0n) is 17.7. The lowest BCUT2D eigenvalue weighted by Gasteiger charge is -2.35. The summed E-state index contributed by atoms with van der Waals surface area (Å²) in [5.74, 6) is -0.290. The third kappa shape index (κ3) is 3.97. The number of ether oxygens (including phenoxy) is 1. The number of carbonyl (C=O) groups excluding carboxylic acids is 1. The van der Waals surface area contributed by atoms with Crippen LogP contribution in [0.2, 0.25) is 0 Å². The third-order valence-electron chi connectivity index (χ3n) is 5.55. The van der Waals surface area contributed by atoms with E-state index in [0.29, 0.717) is 38.5 Å². The molecule has 1 aliphatic heterocycles. The van der Waals surface area contributed by atoms with Gasteiger partial charge in [0.1, 0.15) is 0 Å². The fourth-order valence-electron chi connectivity index (χ4n) is 3.93. The van der Waals surface area contributed by atoms with Crippen molar-refractivity contribution in [1.29, 1.82) is 0 Å². The molecule has 1 aromatic heterocycles. The highest BCUT2D eigenvalue weighted by atomic mass is 19.1. The van der Waals surface area contributed by atoms with Gasteiger partial charge in [-0.3, -0.25) is 9.59 Å². The molecule has 8 heteroatoms. The minimum absolute atomic E-state index is 0.104. The number of fused-ring (bicyclic) bond motifs is 1. The monoisotopic (exact) mass is 424 g/mol. The number of carbonyl (C=O) groups is 1. The van der Waals surface area contributed by atoms with Crippen LogP contribution in [0.1, 0.15) is 23.7 Å². The van der Waals surface area contributed by atoms with E-state index in [0.717, 1.165) is 17.5 Å². The summed E-state index contributed by atoms with van der Waals surface area (Å²) >= 11 is 0. The van der Waals surface area contributed by atoms with Gasteiger partial charge in [-0.15, -0.1) is 0 Å². The number of piperazine rings is 1. The molecule has 0 spiro atoms. The lowest BCUT2D eigenvalue weighted by Crippen LogP contribution is -2.50. The van der Waals surface area contributed by atoms with Crippen molar-refractivity contribution in [2.24, 2.45) is 0 Å². The number of aryl methyl sites for hydroxylation is 1. The second-order valence-corrected chi connectivity index (χ2v) is 7.51. The molecule has 0 saturated carbocycles. The molecule has 1 fully saturated rings. The van der Waals surface area contributed by atoms with Crippen molar-refractivity contribution in [1.82, 2.24) is 14.5 Å². The number of anilines is 1. The standard InChI is InChI=1S/C23H25FN4O3/c1-3-10-28-19-7-5-4-6-18(19)25-21(23(28)30)26-11-13-27(14-12-26)22(29)16-8-9-20(31-2)17(24)15-16/h4-9,15H,3,10-14H2,1-2H3. The zero-order valence-corrected chi connectivity index (χ0v) is 17.7. The van der Waals surface area contributed by atoms with Crippen LogP contribution in [0.5, 0.6) is 5.75 Å². The molecule has 0 N–H and O–H groups in total. The van der Waals surface area contributed by atoms with E-state index in [1.54, 1.807) is 15.5 Å². The Balaban J connectivity index is 1.54. The van der Waals surface area contributed by atoms with Gasteiger partial charge in [0.25, 0.3) is 11.5 Å². The third-order valence-corrected chi connectivity index (χ3v) is 5.55. The Morgan fingerprint density at radius 1 is 1.13 bits per heavy atom. The number of rotatable bonds is 5. The van der Waals surface area contributed by atoms with Gasteiger partial charge in [-0.2, -0.15) is 0 Å². The van der Waals surface area contributed by atoms with Gasteiger partial charge >= 0.3 is 0 Å². The summed E-state index contributed by atoms with van der Waals surface area (Å²) in [5, 5.41) is 0. The maximum atomic E-state index is 14.0. The molecule has 162 valence electrons. The Morgan fingerprint density at radius 2 is 1.87 bits per heavy atom. The maximum absolute atomic E-state index is 14.0. The van der Waals surface area contributed by atoms with Gasteiger partial charge in [0, 0.05) is 38.3 Å². The lowest BCUT2D eigenvalue weighted by atomic mass is 10.1. The topological polar surface area (TPSA) is 67.7 Å². The fraction of sp³-hybridized carbons (Fsp3) is 0.348. The number of nitrogens with zero attached hydrogens (tertiary/aromatic N) is 4. The van der Waals surface area contributed by atoms with Crippen LogP contribution in [-0.2, 0) is 6.54 Å². The average molecular weight is 424 g/mol. The summed E-state index contributed by atoms with van der Waals surface area (Å²) in [5.41, 5.74) is 1.77. The van der Waals surface area contributed by atoms with Crippen LogP contribution in [0.4, 0.5) is 10.2 Å². The van der Waals surface area contributed by atoms with Crippen molar-refractivity contribution in [2.45, 2.75) is 19.9 Å². The minimum atomic E-state index is -0.566. The average Bonchev–Trinajstić information content (AvgIpc) is 2.80. The Kier molecular flexibility index (Phi) is 5.88. The molecule has 1 aliphatic rings. The largest absolute Gasteiger partial charge is 0.494 e. The zero-order chi connectivity index (χ0) is 22.0. The molecular weight excluding hydrogens is 399 g/mol. The lowest BCUT2D eigenvalue weighted by molar-refractivity contribution is 0.0746. The SMILES string of the molecule is CCCn1c(=O)c(N2CCN(C(=O)c3ccc(OC)c(F)c3)CC2)nc2ccccc21. The van der Waals surface area contributed by atoms with Gasteiger partial charge < -0.3 is 19.1 Å². The summed E-state index contributed by atoms with van der Waals surface area (Å²) in [6.45, 7) is 4.47. The van der Waals surface area contributed by atoms with Crippen molar-refractivity contribution < 1.29 is 13.9 Å². The first-order valence-corrected chi connectivity index (χ1v) is 10.4. The second-order valence-electron chi connectivity index (χ2n) is 7.51. The van der Waals surface area contributed by atoms with Crippen LogP contribution in [0.15, 0.2) is 47.3 Å². The summed E-state index contributed by atoms with van der Waals surface area (Å²) in [4.78, 5) is 34.2. The molecule has 2 heterocycles. The van der Waals surface area contributed by atoms with E-state index in [4.69, 9.17) is 4.74 Å². The molecule has 0 radical (unpaired) electrons. The first-order chi connectivity index (χ1) is 15.0. The second kappa shape index (κ2) is 8.75. The fourth-order valence-corrected chi connectivity index (χ4v) is 3.93. The van der Waals surface area contributed by atoms with Crippen LogP contribution in [0.25, 0.3) is 11.0 Å². The molecule has 0 bridgehead atoms. The number of amides is 1. The molecule has 0 atom stereocenters. The quantitative estimate of drug-likeness (QED) is 0.630. The van der Waals surface area contributed by atoms with Crippen LogP contribution in [0.3, 0.4) is 0 Å². The van der Waals surface area contributed by atoms with Crippen molar-refractivity contribution >= 4 is 22.8 Å². The number of para-hydroxylation sites is 2. The van der Waals surface area contributed by atoms with E-state index in [9.17, 15) is 14.0 Å². The van der Waals surface area contributed by atoms with E-state index < -0.39 is 5.82 Å². The van der Waals surface area contributed by atoms with Crippen molar-refractivity contribution in [3.05, 3.63) is 64.2 Å². The summed E-state index contributed by atoms with van der Waals surface area (Å²) in [7, 11) is 1.38. The molecule has 3 aromatic rings. The molecule has 0 unspecified atom stereocenters. The van der Waals surface area contributed by atoms with E-state index >= 15 is 0 Å². The van der Waals surface area contributed by atoms with Gasteiger partial charge in [0.05, 0.1) is 18.1 Å². The van der Waals surface area contributed by atoms with Crippen LogP contribution in [0, 0.1) is 5.82 Å². The number of halogens is 1. The number of benzene rings is 2. The highest BCUT2D eigenvalue weighted by Crippen LogP contribution is 2.20. The van der Waals surface area contributed by atoms with Gasteiger partial charge in [-0.05, 0) is 36.8 Å². The summed E-state index contributed by atoms with van der Waals surface area (Å²) in [6.07, 6.45) is 0.841. The number of hydrogen-bond acceptors (Lipinski definition) is 5. The van der Waals surface area contributed by atoms with E-state index in [1.165, 1.54) is 19.2 Å². The molecule has 1 amide bonds. The molecule has 1 saturated heterocycles. The van der Waals surface area contributed by atoms with E-state index in [2.05, 4.69) is 4.98 Å². The Bertz CT molecular complexity index is 1170. The molecular formula is C23H25FN4O3. The van der Waals surface area contributed by atoms with E-state index in [-0.39, 0.29) is 22.8 Å². The van der Waals surface area contributed by atoms with Crippen molar-refractivity contribution in [3.63, 3.8) is 0 Å².